The number of benzene rings is 2. The first kappa shape index (κ1) is 20.6. The zero-order chi connectivity index (χ0) is 20.8. The van der Waals surface area contributed by atoms with E-state index in [0.29, 0.717) is 40.5 Å². The first-order valence-electron chi connectivity index (χ1n) is 8.99. The predicted molar refractivity (Wildman–Crippen MR) is 113 cm³/mol. The zero-order valence-electron chi connectivity index (χ0n) is 16.1. The average molecular weight is 408 g/mol. The summed E-state index contributed by atoms with van der Waals surface area (Å²) in [5.74, 6) is -0.222. The van der Waals surface area contributed by atoms with Crippen LogP contribution in [0, 0.1) is 11.3 Å². The van der Waals surface area contributed by atoms with E-state index in [2.05, 4.69) is 10.3 Å². The Morgan fingerprint density at radius 3 is 2.69 bits per heavy atom. The standard InChI is InChI=1S/C21H20N4O3S/c1-14(19(26)23-16-9-7-15(13-22)8-10-16)29-21-24-18-6-4-3-5-17(18)20(27)25(21)11-12-28-2/h3-10,14H,11-12H2,1-2H3,(H,23,26)/t14-/m0/s1. The van der Waals surface area contributed by atoms with Gasteiger partial charge in [-0.15, -0.1) is 0 Å². The molecular formula is C21H20N4O3S. The Kier molecular flexibility index (Phi) is 6.65. The molecule has 0 saturated carbocycles. The van der Waals surface area contributed by atoms with Crippen molar-refractivity contribution < 1.29 is 9.53 Å². The van der Waals surface area contributed by atoms with Crippen molar-refractivity contribution in [2.24, 2.45) is 0 Å². The Morgan fingerprint density at radius 2 is 2.00 bits per heavy atom. The molecule has 148 valence electrons. The van der Waals surface area contributed by atoms with E-state index in [1.165, 1.54) is 11.8 Å². The molecule has 3 aromatic rings. The fraction of sp³-hybridized carbons (Fsp3) is 0.238. The second-order valence-electron chi connectivity index (χ2n) is 6.30. The van der Waals surface area contributed by atoms with E-state index < -0.39 is 5.25 Å². The minimum Gasteiger partial charge on any atom is -0.383 e. The first-order valence-corrected chi connectivity index (χ1v) is 9.87. The van der Waals surface area contributed by atoms with E-state index in [-0.39, 0.29) is 11.5 Å². The lowest BCUT2D eigenvalue weighted by Crippen LogP contribution is -2.28. The van der Waals surface area contributed by atoms with E-state index in [0.717, 1.165) is 0 Å². The van der Waals surface area contributed by atoms with Crippen molar-refractivity contribution in [1.82, 2.24) is 9.55 Å². The molecule has 8 heteroatoms. The molecule has 0 bridgehead atoms. The van der Waals surface area contributed by atoms with Crippen molar-refractivity contribution in [1.29, 1.82) is 5.26 Å². The van der Waals surface area contributed by atoms with E-state index in [4.69, 9.17) is 10.00 Å². The van der Waals surface area contributed by atoms with Crippen LogP contribution < -0.4 is 10.9 Å². The molecule has 0 unspecified atom stereocenters. The van der Waals surface area contributed by atoms with Crippen molar-refractivity contribution in [3.8, 4) is 6.07 Å². The summed E-state index contributed by atoms with van der Waals surface area (Å²) in [6, 6.07) is 15.8. The number of nitrogens with one attached hydrogen (secondary N) is 1. The van der Waals surface area contributed by atoms with Crippen LogP contribution in [0.15, 0.2) is 58.5 Å². The molecular weight excluding hydrogens is 388 g/mol. The molecule has 0 saturated heterocycles. The molecule has 0 fully saturated rings. The number of carbonyl (C=O) groups excluding carboxylic acids is 1. The molecule has 0 radical (unpaired) electrons. The Morgan fingerprint density at radius 1 is 1.28 bits per heavy atom. The minimum absolute atomic E-state index is 0.158. The van der Waals surface area contributed by atoms with Gasteiger partial charge in [-0.3, -0.25) is 14.2 Å². The van der Waals surface area contributed by atoms with Gasteiger partial charge >= 0.3 is 0 Å². The second-order valence-corrected chi connectivity index (χ2v) is 7.61. The Bertz CT molecular complexity index is 1120. The second kappa shape index (κ2) is 9.37. The molecule has 1 amide bonds. The highest BCUT2D eigenvalue weighted by atomic mass is 32.2. The molecule has 0 spiro atoms. The van der Waals surface area contributed by atoms with Crippen LogP contribution in [-0.2, 0) is 16.1 Å². The van der Waals surface area contributed by atoms with Crippen molar-refractivity contribution in [3.63, 3.8) is 0 Å². The van der Waals surface area contributed by atoms with Crippen LogP contribution in [0.5, 0.6) is 0 Å². The number of para-hydroxylation sites is 1. The monoisotopic (exact) mass is 408 g/mol. The van der Waals surface area contributed by atoms with Crippen molar-refractivity contribution >= 4 is 34.3 Å². The third-order valence-electron chi connectivity index (χ3n) is 4.28. The molecule has 1 N–H and O–H groups in total. The van der Waals surface area contributed by atoms with Crippen LogP contribution in [0.3, 0.4) is 0 Å². The summed E-state index contributed by atoms with van der Waals surface area (Å²) in [6.07, 6.45) is 0. The lowest BCUT2D eigenvalue weighted by atomic mass is 10.2. The maximum absolute atomic E-state index is 12.9. The Hall–Kier alpha value is -3.15. The summed E-state index contributed by atoms with van der Waals surface area (Å²) in [7, 11) is 1.57. The number of hydrogen-bond donors (Lipinski definition) is 1. The quantitative estimate of drug-likeness (QED) is 0.477. The highest BCUT2D eigenvalue weighted by Gasteiger charge is 2.19. The fourth-order valence-corrected chi connectivity index (χ4v) is 3.64. The number of ether oxygens (including phenoxy) is 1. The number of carbonyl (C=O) groups is 1. The molecule has 0 aliphatic carbocycles. The van der Waals surface area contributed by atoms with E-state index >= 15 is 0 Å². The highest BCUT2D eigenvalue weighted by Crippen LogP contribution is 2.23. The maximum atomic E-state index is 12.9. The lowest BCUT2D eigenvalue weighted by Gasteiger charge is -2.16. The number of nitriles is 1. The van der Waals surface area contributed by atoms with Crippen LogP contribution in [0.4, 0.5) is 5.69 Å². The number of methoxy groups -OCH3 is 1. The number of thioether (sulfide) groups is 1. The number of anilines is 1. The summed E-state index contributed by atoms with van der Waals surface area (Å²) in [4.78, 5) is 30.1. The highest BCUT2D eigenvalue weighted by molar-refractivity contribution is 8.00. The molecule has 1 aromatic heterocycles. The van der Waals surface area contributed by atoms with Crippen molar-refractivity contribution in [2.75, 3.05) is 19.0 Å². The number of rotatable bonds is 7. The van der Waals surface area contributed by atoms with Crippen molar-refractivity contribution in [3.05, 3.63) is 64.4 Å². The summed E-state index contributed by atoms with van der Waals surface area (Å²) >= 11 is 1.22. The molecule has 1 heterocycles. The SMILES string of the molecule is COCCn1c(S[C@@H](C)C(=O)Nc2ccc(C#N)cc2)nc2ccccc2c1=O. The van der Waals surface area contributed by atoms with Gasteiger partial charge in [0.15, 0.2) is 5.16 Å². The predicted octanol–water partition coefficient (Wildman–Crippen LogP) is 3.03. The van der Waals surface area contributed by atoms with Crippen LogP contribution >= 0.6 is 11.8 Å². The molecule has 2 aromatic carbocycles. The summed E-state index contributed by atoms with van der Waals surface area (Å²) in [5, 5.41) is 12.2. The van der Waals surface area contributed by atoms with Crippen molar-refractivity contribution in [2.45, 2.75) is 23.9 Å². The molecule has 3 rings (SSSR count). The number of fused-ring (bicyclic) bond motifs is 1. The number of amides is 1. The summed E-state index contributed by atoms with van der Waals surface area (Å²) < 4.78 is 6.66. The maximum Gasteiger partial charge on any atom is 0.262 e. The van der Waals surface area contributed by atoms with Gasteiger partial charge in [-0.05, 0) is 43.3 Å². The average Bonchev–Trinajstić information content (AvgIpc) is 2.74. The van der Waals surface area contributed by atoms with Gasteiger partial charge in [0.2, 0.25) is 5.91 Å². The first-order chi connectivity index (χ1) is 14.0. The van der Waals surface area contributed by atoms with Crippen LogP contribution in [-0.4, -0.2) is 34.4 Å². The normalized spacial score (nSPS) is 11.8. The third kappa shape index (κ3) is 4.83. The van der Waals surface area contributed by atoms with Gasteiger partial charge in [-0.1, -0.05) is 23.9 Å². The molecule has 7 nitrogen and oxygen atoms in total. The van der Waals surface area contributed by atoms with Crippen LogP contribution in [0.1, 0.15) is 12.5 Å². The van der Waals surface area contributed by atoms with Gasteiger partial charge in [0.25, 0.3) is 5.56 Å². The van der Waals surface area contributed by atoms with Gasteiger partial charge in [-0.2, -0.15) is 5.26 Å². The number of nitrogens with zero attached hydrogens (tertiary/aromatic N) is 3. The molecule has 0 aliphatic heterocycles. The fourth-order valence-electron chi connectivity index (χ4n) is 2.70. The van der Waals surface area contributed by atoms with Crippen LogP contribution in [0.25, 0.3) is 10.9 Å². The van der Waals surface area contributed by atoms with E-state index in [1.807, 2.05) is 12.1 Å². The molecule has 0 aliphatic rings. The Balaban J connectivity index is 1.84. The van der Waals surface area contributed by atoms with Gasteiger partial charge in [-0.25, -0.2) is 4.98 Å². The molecule has 29 heavy (non-hydrogen) atoms. The minimum atomic E-state index is -0.493. The van der Waals surface area contributed by atoms with Gasteiger partial charge in [0.1, 0.15) is 0 Å². The summed E-state index contributed by atoms with van der Waals surface area (Å²) in [6.45, 7) is 2.46. The topological polar surface area (TPSA) is 97.0 Å². The third-order valence-corrected chi connectivity index (χ3v) is 5.37. The van der Waals surface area contributed by atoms with Crippen LogP contribution in [0.2, 0.25) is 0 Å². The molecule has 1 atom stereocenters. The smallest absolute Gasteiger partial charge is 0.262 e. The zero-order valence-corrected chi connectivity index (χ0v) is 16.9. The number of hydrogen-bond acceptors (Lipinski definition) is 6. The summed E-state index contributed by atoms with van der Waals surface area (Å²) in [5.41, 5.74) is 1.56. The lowest BCUT2D eigenvalue weighted by molar-refractivity contribution is -0.115. The van der Waals surface area contributed by atoms with E-state index in [1.54, 1.807) is 61.1 Å². The van der Waals surface area contributed by atoms with Gasteiger partial charge < -0.3 is 10.1 Å². The number of aromatic nitrogens is 2. The largest absolute Gasteiger partial charge is 0.383 e. The van der Waals surface area contributed by atoms with Gasteiger partial charge in [0.05, 0.1) is 40.9 Å². The van der Waals surface area contributed by atoms with Gasteiger partial charge in [0, 0.05) is 12.8 Å². The Labute approximate surface area is 172 Å². The van der Waals surface area contributed by atoms with E-state index in [9.17, 15) is 9.59 Å².